The van der Waals surface area contributed by atoms with Crippen LogP contribution in [0.15, 0.2) is 51.4 Å². The minimum Gasteiger partial charge on any atom is -0.465 e. The standard InChI is InChI=1S/C19H15BrO5/c1-11-15-9-14(20)7-8-16(15)25-17(11)19(22)24-10-12-3-5-13(6-4-12)18(21)23-2/h3-9H,10H2,1-2H3. The zero-order valence-electron chi connectivity index (χ0n) is 13.7. The topological polar surface area (TPSA) is 65.7 Å². The van der Waals surface area contributed by atoms with Crippen molar-refractivity contribution in [1.82, 2.24) is 0 Å². The number of halogens is 1. The Morgan fingerprint density at radius 3 is 2.48 bits per heavy atom. The summed E-state index contributed by atoms with van der Waals surface area (Å²) in [5.41, 5.74) is 2.58. The van der Waals surface area contributed by atoms with E-state index >= 15 is 0 Å². The van der Waals surface area contributed by atoms with Gasteiger partial charge in [0, 0.05) is 15.4 Å². The molecule has 6 heteroatoms. The third-order valence-corrected chi connectivity index (χ3v) is 4.32. The molecule has 0 saturated heterocycles. The lowest BCUT2D eigenvalue weighted by atomic mass is 10.1. The summed E-state index contributed by atoms with van der Waals surface area (Å²) in [4.78, 5) is 23.7. The molecule has 5 nitrogen and oxygen atoms in total. The third-order valence-electron chi connectivity index (χ3n) is 3.83. The van der Waals surface area contributed by atoms with E-state index in [2.05, 4.69) is 20.7 Å². The molecule has 0 unspecified atom stereocenters. The summed E-state index contributed by atoms with van der Waals surface area (Å²) in [6.07, 6.45) is 0. The number of esters is 2. The Bertz CT molecular complexity index is 940. The highest BCUT2D eigenvalue weighted by atomic mass is 79.9. The molecule has 0 spiro atoms. The maximum absolute atomic E-state index is 12.3. The van der Waals surface area contributed by atoms with E-state index in [1.54, 1.807) is 30.3 Å². The molecule has 0 aliphatic carbocycles. The van der Waals surface area contributed by atoms with E-state index in [0.29, 0.717) is 11.1 Å². The molecule has 0 bridgehead atoms. The molecule has 3 rings (SSSR count). The molecule has 0 N–H and O–H groups in total. The number of methoxy groups -OCH3 is 1. The van der Waals surface area contributed by atoms with Gasteiger partial charge in [-0.3, -0.25) is 0 Å². The van der Waals surface area contributed by atoms with E-state index < -0.39 is 11.9 Å². The van der Waals surface area contributed by atoms with Crippen LogP contribution in [0.3, 0.4) is 0 Å². The number of fused-ring (bicyclic) bond motifs is 1. The predicted molar refractivity (Wildman–Crippen MR) is 95.6 cm³/mol. The second-order valence-electron chi connectivity index (χ2n) is 5.46. The molecule has 3 aromatic rings. The van der Waals surface area contributed by atoms with Crippen LogP contribution in [0, 0.1) is 6.92 Å². The molecule has 0 atom stereocenters. The fourth-order valence-electron chi connectivity index (χ4n) is 2.46. The number of aryl methyl sites for hydroxylation is 1. The fourth-order valence-corrected chi connectivity index (χ4v) is 2.82. The molecular formula is C19H15BrO5. The lowest BCUT2D eigenvalue weighted by molar-refractivity contribution is 0.0436. The molecule has 0 aliphatic heterocycles. The van der Waals surface area contributed by atoms with Crippen LogP contribution in [0.1, 0.15) is 32.0 Å². The Hall–Kier alpha value is -2.60. The van der Waals surface area contributed by atoms with Crippen LogP contribution in [-0.4, -0.2) is 19.0 Å². The number of rotatable bonds is 4. The first-order chi connectivity index (χ1) is 12.0. The van der Waals surface area contributed by atoms with Crippen molar-refractivity contribution in [3.63, 3.8) is 0 Å². The summed E-state index contributed by atoms with van der Waals surface area (Å²) in [5, 5.41) is 0.865. The van der Waals surface area contributed by atoms with Crippen molar-refractivity contribution in [2.75, 3.05) is 7.11 Å². The van der Waals surface area contributed by atoms with Gasteiger partial charge in [-0.1, -0.05) is 28.1 Å². The Morgan fingerprint density at radius 2 is 1.80 bits per heavy atom. The summed E-state index contributed by atoms with van der Waals surface area (Å²) in [6.45, 7) is 1.90. The van der Waals surface area contributed by atoms with E-state index in [9.17, 15) is 9.59 Å². The van der Waals surface area contributed by atoms with E-state index in [0.717, 1.165) is 21.0 Å². The number of carbonyl (C=O) groups excluding carboxylic acids is 2. The van der Waals surface area contributed by atoms with Gasteiger partial charge in [-0.25, -0.2) is 9.59 Å². The van der Waals surface area contributed by atoms with E-state index in [1.165, 1.54) is 7.11 Å². The van der Waals surface area contributed by atoms with Crippen molar-refractivity contribution in [3.8, 4) is 0 Å². The van der Waals surface area contributed by atoms with Crippen LogP contribution >= 0.6 is 15.9 Å². The van der Waals surface area contributed by atoms with E-state index in [1.807, 2.05) is 19.1 Å². The van der Waals surface area contributed by atoms with Gasteiger partial charge in [-0.05, 0) is 42.8 Å². The Morgan fingerprint density at radius 1 is 1.08 bits per heavy atom. The normalized spacial score (nSPS) is 10.7. The fraction of sp³-hybridized carbons (Fsp3) is 0.158. The Kier molecular flexibility index (Phi) is 4.90. The molecule has 0 saturated carbocycles. The van der Waals surface area contributed by atoms with Crippen molar-refractivity contribution in [1.29, 1.82) is 0 Å². The second kappa shape index (κ2) is 7.11. The minimum absolute atomic E-state index is 0.0838. The van der Waals surface area contributed by atoms with Crippen LogP contribution in [0.2, 0.25) is 0 Å². The first-order valence-corrected chi connectivity index (χ1v) is 8.32. The molecule has 25 heavy (non-hydrogen) atoms. The lowest BCUT2D eigenvalue weighted by Gasteiger charge is -2.05. The number of hydrogen-bond acceptors (Lipinski definition) is 5. The second-order valence-corrected chi connectivity index (χ2v) is 6.38. The van der Waals surface area contributed by atoms with Gasteiger partial charge in [-0.15, -0.1) is 0 Å². The van der Waals surface area contributed by atoms with Gasteiger partial charge in [-0.2, -0.15) is 0 Å². The van der Waals surface area contributed by atoms with Gasteiger partial charge in [0.25, 0.3) is 0 Å². The summed E-state index contributed by atoms with van der Waals surface area (Å²) >= 11 is 3.40. The van der Waals surface area contributed by atoms with Crippen molar-refractivity contribution in [3.05, 3.63) is 69.4 Å². The van der Waals surface area contributed by atoms with Crippen molar-refractivity contribution < 1.29 is 23.5 Å². The summed E-state index contributed by atoms with van der Waals surface area (Å²) in [7, 11) is 1.33. The highest BCUT2D eigenvalue weighted by molar-refractivity contribution is 9.10. The molecule has 0 amide bonds. The zero-order chi connectivity index (χ0) is 18.0. The van der Waals surface area contributed by atoms with E-state index in [-0.39, 0.29) is 12.4 Å². The maximum atomic E-state index is 12.3. The predicted octanol–water partition coefficient (Wildman–Crippen LogP) is 4.65. The van der Waals surface area contributed by atoms with Gasteiger partial charge < -0.3 is 13.9 Å². The van der Waals surface area contributed by atoms with Gasteiger partial charge in [0.2, 0.25) is 5.76 Å². The molecular weight excluding hydrogens is 388 g/mol. The summed E-state index contributed by atoms with van der Waals surface area (Å²) < 4.78 is 16.5. The first-order valence-electron chi connectivity index (χ1n) is 7.52. The molecule has 128 valence electrons. The summed E-state index contributed by atoms with van der Waals surface area (Å²) in [6, 6.07) is 12.2. The first kappa shape index (κ1) is 17.2. The highest BCUT2D eigenvalue weighted by Crippen LogP contribution is 2.28. The van der Waals surface area contributed by atoms with Crippen LogP contribution in [0.25, 0.3) is 11.0 Å². The molecule has 1 heterocycles. The highest BCUT2D eigenvalue weighted by Gasteiger charge is 2.19. The van der Waals surface area contributed by atoms with Crippen LogP contribution in [0.4, 0.5) is 0 Å². The molecule has 0 fully saturated rings. The molecule has 0 radical (unpaired) electrons. The zero-order valence-corrected chi connectivity index (χ0v) is 15.3. The Labute approximate surface area is 152 Å². The summed E-state index contributed by atoms with van der Waals surface area (Å²) in [5.74, 6) is -0.742. The molecule has 2 aromatic carbocycles. The smallest absolute Gasteiger partial charge is 0.374 e. The van der Waals surface area contributed by atoms with Crippen LogP contribution < -0.4 is 0 Å². The lowest BCUT2D eigenvalue weighted by Crippen LogP contribution is -2.06. The van der Waals surface area contributed by atoms with Crippen molar-refractivity contribution in [2.24, 2.45) is 0 Å². The van der Waals surface area contributed by atoms with Crippen LogP contribution in [-0.2, 0) is 16.1 Å². The van der Waals surface area contributed by atoms with Gasteiger partial charge in [0.1, 0.15) is 12.2 Å². The number of benzene rings is 2. The van der Waals surface area contributed by atoms with Crippen LogP contribution in [0.5, 0.6) is 0 Å². The number of furan rings is 1. The monoisotopic (exact) mass is 402 g/mol. The van der Waals surface area contributed by atoms with Crippen molar-refractivity contribution in [2.45, 2.75) is 13.5 Å². The molecule has 0 aliphatic rings. The van der Waals surface area contributed by atoms with Gasteiger partial charge >= 0.3 is 11.9 Å². The largest absolute Gasteiger partial charge is 0.465 e. The van der Waals surface area contributed by atoms with E-state index in [4.69, 9.17) is 9.15 Å². The number of hydrogen-bond donors (Lipinski definition) is 0. The third kappa shape index (κ3) is 3.58. The maximum Gasteiger partial charge on any atom is 0.374 e. The minimum atomic E-state index is -0.526. The van der Waals surface area contributed by atoms with Gasteiger partial charge in [0.05, 0.1) is 12.7 Å². The SMILES string of the molecule is COC(=O)c1ccc(COC(=O)c2oc3ccc(Br)cc3c2C)cc1. The average Bonchev–Trinajstić information content (AvgIpc) is 2.96. The number of carbonyl (C=O) groups is 2. The average molecular weight is 403 g/mol. The molecule has 1 aromatic heterocycles. The van der Waals surface area contributed by atoms with Gasteiger partial charge in [0.15, 0.2) is 0 Å². The number of ether oxygens (including phenoxy) is 2. The van der Waals surface area contributed by atoms with Crippen molar-refractivity contribution >= 4 is 38.8 Å². The Balaban J connectivity index is 1.72. The quantitative estimate of drug-likeness (QED) is 0.594.